The highest BCUT2D eigenvalue weighted by Gasteiger charge is 2.08. The van der Waals surface area contributed by atoms with Crippen LogP contribution in [-0.2, 0) is 0 Å². The van der Waals surface area contributed by atoms with Gasteiger partial charge in [0.2, 0.25) is 0 Å². The van der Waals surface area contributed by atoms with Gasteiger partial charge in [-0.25, -0.2) is 4.98 Å². The maximum absolute atomic E-state index is 8.75. The lowest BCUT2D eigenvalue weighted by Gasteiger charge is -2.09. The van der Waals surface area contributed by atoms with E-state index in [1.807, 2.05) is 13.0 Å². The van der Waals surface area contributed by atoms with Crippen molar-refractivity contribution < 1.29 is 5.11 Å². The van der Waals surface area contributed by atoms with Crippen LogP contribution < -0.4 is 0 Å². The standard InChI is InChI=1S/C9H11BrClNOS/c1-6(2-3-13)14-9-8(11)4-7(10)5-12-9/h4-6,13H,2-3H2,1H3. The molecule has 0 spiro atoms. The van der Waals surface area contributed by atoms with Gasteiger partial charge in [-0.05, 0) is 28.4 Å². The van der Waals surface area contributed by atoms with Gasteiger partial charge in [0.1, 0.15) is 5.03 Å². The molecule has 0 aliphatic rings. The summed E-state index contributed by atoms with van der Waals surface area (Å²) in [6.07, 6.45) is 2.47. The van der Waals surface area contributed by atoms with E-state index in [0.29, 0.717) is 10.3 Å². The Bertz CT molecular complexity index is 311. The largest absolute Gasteiger partial charge is 0.396 e. The van der Waals surface area contributed by atoms with E-state index in [1.54, 1.807) is 18.0 Å². The zero-order chi connectivity index (χ0) is 10.6. The van der Waals surface area contributed by atoms with Crippen LogP contribution in [0.4, 0.5) is 0 Å². The Kier molecular flexibility index (Phi) is 5.23. The third-order valence-corrected chi connectivity index (χ3v) is 3.64. The summed E-state index contributed by atoms with van der Waals surface area (Å²) in [6.45, 7) is 2.24. The molecule has 0 fully saturated rings. The van der Waals surface area contributed by atoms with Gasteiger partial charge in [-0.3, -0.25) is 0 Å². The van der Waals surface area contributed by atoms with Gasteiger partial charge in [-0.1, -0.05) is 18.5 Å². The summed E-state index contributed by atoms with van der Waals surface area (Å²) in [5, 5.41) is 10.5. The normalized spacial score (nSPS) is 12.9. The SMILES string of the molecule is CC(CCO)Sc1ncc(Br)cc1Cl. The molecule has 14 heavy (non-hydrogen) atoms. The van der Waals surface area contributed by atoms with Gasteiger partial charge in [-0.15, -0.1) is 11.8 Å². The first-order valence-corrected chi connectivity index (χ1v) is 6.27. The zero-order valence-corrected chi connectivity index (χ0v) is 10.9. The van der Waals surface area contributed by atoms with Crippen LogP contribution >= 0.6 is 39.3 Å². The minimum atomic E-state index is 0.197. The Morgan fingerprint density at radius 3 is 3.00 bits per heavy atom. The number of nitrogens with zero attached hydrogens (tertiary/aromatic N) is 1. The predicted octanol–water partition coefficient (Wildman–Crippen LogP) is 3.36. The fraction of sp³-hybridized carbons (Fsp3) is 0.444. The number of aliphatic hydroxyl groups is 1. The molecule has 0 saturated heterocycles. The van der Waals surface area contributed by atoms with E-state index in [0.717, 1.165) is 15.9 Å². The van der Waals surface area contributed by atoms with E-state index in [4.69, 9.17) is 16.7 Å². The molecule has 1 aromatic heterocycles. The van der Waals surface area contributed by atoms with Crippen molar-refractivity contribution in [1.29, 1.82) is 0 Å². The zero-order valence-electron chi connectivity index (χ0n) is 7.70. The first-order chi connectivity index (χ1) is 6.63. The van der Waals surface area contributed by atoms with E-state index < -0.39 is 0 Å². The number of rotatable bonds is 4. The quantitative estimate of drug-likeness (QED) is 0.865. The van der Waals surface area contributed by atoms with Gasteiger partial charge >= 0.3 is 0 Å². The number of pyridine rings is 1. The maximum Gasteiger partial charge on any atom is 0.115 e. The van der Waals surface area contributed by atoms with Crippen LogP contribution in [-0.4, -0.2) is 21.9 Å². The second-order valence-electron chi connectivity index (χ2n) is 2.88. The highest BCUT2D eigenvalue weighted by Crippen LogP contribution is 2.30. The van der Waals surface area contributed by atoms with Crippen molar-refractivity contribution in [2.45, 2.75) is 23.6 Å². The average molecular weight is 297 g/mol. The smallest absolute Gasteiger partial charge is 0.115 e. The molecule has 2 nitrogen and oxygen atoms in total. The molecule has 0 saturated carbocycles. The molecular weight excluding hydrogens is 286 g/mol. The highest BCUT2D eigenvalue weighted by atomic mass is 79.9. The summed E-state index contributed by atoms with van der Waals surface area (Å²) in [5.41, 5.74) is 0. The minimum Gasteiger partial charge on any atom is -0.396 e. The van der Waals surface area contributed by atoms with E-state index >= 15 is 0 Å². The Labute approximate surface area is 101 Å². The number of aliphatic hydroxyl groups excluding tert-OH is 1. The summed E-state index contributed by atoms with van der Waals surface area (Å²) in [4.78, 5) is 4.20. The van der Waals surface area contributed by atoms with E-state index in [2.05, 4.69) is 20.9 Å². The lowest BCUT2D eigenvalue weighted by Crippen LogP contribution is -2.00. The molecule has 1 heterocycles. The number of aromatic nitrogens is 1. The van der Waals surface area contributed by atoms with Crippen LogP contribution in [0.3, 0.4) is 0 Å². The fourth-order valence-electron chi connectivity index (χ4n) is 0.920. The van der Waals surface area contributed by atoms with Crippen LogP contribution in [0.1, 0.15) is 13.3 Å². The Hall–Kier alpha value is 0.230. The molecule has 78 valence electrons. The van der Waals surface area contributed by atoms with Crippen molar-refractivity contribution in [2.24, 2.45) is 0 Å². The summed E-state index contributed by atoms with van der Waals surface area (Å²) in [6, 6.07) is 1.82. The van der Waals surface area contributed by atoms with Crippen molar-refractivity contribution in [3.8, 4) is 0 Å². The lowest BCUT2D eigenvalue weighted by atomic mass is 10.3. The molecular formula is C9H11BrClNOS. The fourth-order valence-corrected chi connectivity index (χ4v) is 2.57. The third kappa shape index (κ3) is 3.77. The second-order valence-corrected chi connectivity index (χ2v) is 5.63. The molecule has 0 radical (unpaired) electrons. The highest BCUT2D eigenvalue weighted by molar-refractivity contribution is 9.10. The van der Waals surface area contributed by atoms with Gasteiger partial charge in [0.05, 0.1) is 5.02 Å². The lowest BCUT2D eigenvalue weighted by molar-refractivity contribution is 0.289. The number of hydrogen-bond acceptors (Lipinski definition) is 3. The van der Waals surface area contributed by atoms with Gasteiger partial charge in [-0.2, -0.15) is 0 Å². The van der Waals surface area contributed by atoms with Gasteiger partial charge < -0.3 is 5.11 Å². The molecule has 1 atom stereocenters. The van der Waals surface area contributed by atoms with Crippen molar-refractivity contribution in [2.75, 3.05) is 6.61 Å². The first-order valence-electron chi connectivity index (χ1n) is 4.22. The van der Waals surface area contributed by atoms with Crippen LogP contribution in [0.25, 0.3) is 0 Å². The Morgan fingerprint density at radius 2 is 2.43 bits per heavy atom. The molecule has 1 N–H and O–H groups in total. The summed E-state index contributed by atoms with van der Waals surface area (Å²) in [7, 11) is 0. The molecule has 0 aliphatic heterocycles. The maximum atomic E-state index is 8.75. The van der Waals surface area contributed by atoms with Crippen LogP contribution in [0.5, 0.6) is 0 Å². The molecule has 1 rings (SSSR count). The number of thioether (sulfide) groups is 1. The Balaban J connectivity index is 2.67. The van der Waals surface area contributed by atoms with Gasteiger partial charge in [0, 0.05) is 22.5 Å². The monoisotopic (exact) mass is 295 g/mol. The van der Waals surface area contributed by atoms with Crippen molar-refractivity contribution in [3.63, 3.8) is 0 Å². The van der Waals surface area contributed by atoms with E-state index in [9.17, 15) is 0 Å². The van der Waals surface area contributed by atoms with Crippen molar-refractivity contribution >= 4 is 39.3 Å². The molecule has 0 aromatic carbocycles. The molecule has 1 aromatic rings. The summed E-state index contributed by atoms with van der Waals surface area (Å²) < 4.78 is 0.877. The summed E-state index contributed by atoms with van der Waals surface area (Å²) in [5.74, 6) is 0. The number of hydrogen-bond donors (Lipinski definition) is 1. The Morgan fingerprint density at radius 1 is 1.71 bits per heavy atom. The first kappa shape index (κ1) is 12.3. The molecule has 5 heteroatoms. The van der Waals surface area contributed by atoms with Crippen molar-refractivity contribution in [3.05, 3.63) is 21.8 Å². The second kappa shape index (κ2) is 5.95. The van der Waals surface area contributed by atoms with Gasteiger partial charge in [0.25, 0.3) is 0 Å². The minimum absolute atomic E-state index is 0.197. The molecule has 0 amide bonds. The van der Waals surface area contributed by atoms with Crippen LogP contribution in [0.2, 0.25) is 5.02 Å². The van der Waals surface area contributed by atoms with E-state index in [1.165, 1.54) is 0 Å². The third-order valence-electron chi connectivity index (χ3n) is 1.62. The van der Waals surface area contributed by atoms with Crippen LogP contribution in [0.15, 0.2) is 21.8 Å². The predicted molar refractivity (Wildman–Crippen MR) is 64.0 cm³/mol. The van der Waals surface area contributed by atoms with Gasteiger partial charge in [0.15, 0.2) is 0 Å². The van der Waals surface area contributed by atoms with Crippen molar-refractivity contribution in [1.82, 2.24) is 4.98 Å². The average Bonchev–Trinajstić information content (AvgIpc) is 2.10. The molecule has 1 unspecified atom stereocenters. The summed E-state index contributed by atoms with van der Waals surface area (Å²) >= 11 is 10.9. The van der Waals surface area contributed by atoms with Crippen LogP contribution in [0, 0.1) is 0 Å². The molecule has 0 bridgehead atoms. The number of halogens is 2. The topological polar surface area (TPSA) is 33.1 Å². The van der Waals surface area contributed by atoms with E-state index in [-0.39, 0.29) is 6.61 Å². The molecule has 0 aliphatic carbocycles.